The molecule has 2 amide bonds. The lowest BCUT2D eigenvalue weighted by molar-refractivity contribution is -0.0588. The lowest BCUT2D eigenvalue weighted by Crippen LogP contribution is -2.33. The first-order valence-electron chi connectivity index (χ1n) is 7.36. The second kappa shape index (κ2) is 5.12. The molecule has 0 radical (unpaired) electrons. The van der Waals surface area contributed by atoms with Crippen molar-refractivity contribution in [3.63, 3.8) is 0 Å². The SMILES string of the molecule is O=C(ON1C(=O)c2ccccc2C1=O)c1cc(=O)[nH]c(C2CC2)n1. The molecule has 4 rings (SSSR count). The zero-order chi connectivity index (χ0) is 16.8. The van der Waals surface area contributed by atoms with Crippen LogP contribution in [-0.2, 0) is 4.84 Å². The Morgan fingerprint density at radius 3 is 2.33 bits per heavy atom. The minimum Gasteiger partial charge on any atom is -0.323 e. The number of aromatic amines is 1. The van der Waals surface area contributed by atoms with E-state index in [1.54, 1.807) is 12.1 Å². The molecule has 1 aliphatic heterocycles. The lowest BCUT2D eigenvalue weighted by Gasteiger charge is -2.12. The first-order valence-corrected chi connectivity index (χ1v) is 7.36. The van der Waals surface area contributed by atoms with E-state index in [1.165, 1.54) is 12.1 Å². The van der Waals surface area contributed by atoms with Crippen molar-refractivity contribution in [3.8, 4) is 0 Å². The second-order valence-corrected chi connectivity index (χ2v) is 5.62. The number of rotatable bonds is 3. The summed E-state index contributed by atoms with van der Waals surface area (Å²) in [4.78, 5) is 59.7. The Balaban J connectivity index is 1.60. The van der Waals surface area contributed by atoms with Gasteiger partial charge in [0.05, 0.1) is 11.1 Å². The lowest BCUT2D eigenvalue weighted by atomic mass is 10.1. The van der Waals surface area contributed by atoms with Crippen molar-refractivity contribution >= 4 is 17.8 Å². The maximum atomic E-state index is 12.2. The molecular formula is C16H11N3O5. The van der Waals surface area contributed by atoms with E-state index in [-0.39, 0.29) is 22.7 Å². The van der Waals surface area contributed by atoms with Crippen LogP contribution in [0.5, 0.6) is 0 Å². The third-order valence-electron chi connectivity index (χ3n) is 3.86. The number of hydroxylamine groups is 2. The van der Waals surface area contributed by atoms with E-state index in [4.69, 9.17) is 4.84 Å². The van der Waals surface area contributed by atoms with Crippen molar-refractivity contribution in [2.45, 2.75) is 18.8 Å². The Morgan fingerprint density at radius 2 is 1.75 bits per heavy atom. The highest BCUT2D eigenvalue weighted by Crippen LogP contribution is 2.37. The summed E-state index contributed by atoms with van der Waals surface area (Å²) in [5.74, 6) is -1.94. The molecule has 24 heavy (non-hydrogen) atoms. The standard InChI is InChI=1S/C16H11N3O5/c20-12-7-11(17-13(18-12)8-5-6-8)16(23)24-19-14(21)9-3-1-2-4-10(9)15(19)22/h1-4,7-8H,5-6H2,(H,17,18,20). The Morgan fingerprint density at radius 1 is 1.12 bits per heavy atom. The minimum atomic E-state index is -1.03. The fourth-order valence-corrected chi connectivity index (χ4v) is 2.51. The number of hydrogen-bond donors (Lipinski definition) is 1. The normalized spacial score (nSPS) is 16.2. The third kappa shape index (κ3) is 2.28. The molecule has 1 fully saturated rings. The van der Waals surface area contributed by atoms with Crippen molar-refractivity contribution in [2.24, 2.45) is 0 Å². The number of H-pyrrole nitrogens is 1. The fraction of sp³-hybridized carbons (Fsp3) is 0.188. The van der Waals surface area contributed by atoms with Crippen molar-refractivity contribution in [1.29, 1.82) is 0 Å². The van der Waals surface area contributed by atoms with E-state index < -0.39 is 23.3 Å². The van der Waals surface area contributed by atoms with Gasteiger partial charge in [-0.3, -0.25) is 14.4 Å². The van der Waals surface area contributed by atoms with Crippen LogP contribution in [0.15, 0.2) is 35.1 Å². The Hall–Kier alpha value is -3.29. The average molecular weight is 325 g/mol. The van der Waals surface area contributed by atoms with Crippen LogP contribution in [-0.4, -0.2) is 32.8 Å². The molecule has 1 N–H and O–H groups in total. The van der Waals surface area contributed by atoms with E-state index in [1.807, 2.05) is 0 Å². The van der Waals surface area contributed by atoms with Crippen LogP contribution in [0, 0.1) is 0 Å². The summed E-state index contributed by atoms with van der Waals surface area (Å²) in [6.07, 6.45) is 1.78. The Labute approximate surface area is 135 Å². The van der Waals surface area contributed by atoms with Gasteiger partial charge in [0.25, 0.3) is 17.4 Å². The monoisotopic (exact) mass is 325 g/mol. The number of fused-ring (bicyclic) bond motifs is 1. The van der Waals surface area contributed by atoms with Crippen LogP contribution in [0.25, 0.3) is 0 Å². The molecule has 2 aromatic rings. The van der Waals surface area contributed by atoms with E-state index in [0.29, 0.717) is 10.9 Å². The van der Waals surface area contributed by atoms with Gasteiger partial charge in [-0.1, -0.05) is 17.2 Å². The quantitative estimate of drug-likeness (QED) is 0.844. The predicted octanol–water partition coefficient (Wildman–Crippen LogP) is 1.02. The summed E-state index contributed by atoms with van der Waals surface area (Å²) in [6.45, 7) is 0. The zero-order valence-electron chi connectivity index (χ0n) is 12.3. The van der Waals surface area contributed by atoms with E-state index in [2.05, 4.69) is 9.97 Å². The number of nitrogens with one attached hydrogen (secondary N) is 1. The number of carbonyl (C=O) groups excluding carboxylic acids is 3. The van der Waals surface area contributed by atoms with Crippen molar-refractivity contribution in [1.82, 2.24) is 15.0 Å². The highest BCUT2D eigenvalue weighted by Gasteiger charge is 2.39. The second-order valence-electron chi connectivity index (χ2n) is 5.62. The zero-order valence-corrected chi connectivity index (χ0v) is 12.3. The number of imide groups is 1. The molecule has 120 valence electrons. The van der Waals surface area contributed by atoms with Gasteiger partial charge in [-0.2, -0.15) is 0 Å². The highest BCUT2D eigenvalue weighted by molar-refractivity contribution is 6.21. The molecule has 8 heteroatoms. The fourth-order valence-electron chi connectivity index (χ4n) is 2.51. The Bertz CT molecular complexity index is 910. The van der Waals surface area contributed by atoms with Gasteiger partial charge < -0.3 is 9.82 Å². The number of aromatic nitrogens is 2. The van der Waals surface area contributed by atoms with Gasteiger partial charge in [0.1, 0.15) is 5.82 Å². The van der Waals surface area contributed by atoms with Crippen LogP contribution in [0.1, 0.15) is 55.8 Å². The van der Waals surface area contributed by atoms with Crippen LogP contribution in [0.3, 0.4) is 0 Å². The van der Waals surface area contributed by atoms with E-state index in [9.17, 15) is 19.2 Å². The molecule has 2 heterocycles. The summed E-state index contributed by atoms with van der Waals surface area (Å²) >= 11 is 0. The van der Waals surface area contributed by atoms with Crippen molar-refractivity contribution < 1.29 is 19.2 Å². The average Bonchev–Trinajstić information content (AvgIpc) is 3.39. The maximum absolute atomic E-state index is 12.2. The molecule has 1 aromatic carbocycles. The number of amides is 2. The van der Waals surface area contributed by atoms with E-state index in [0.717, 1.165) is 18.9 Å². The van der Waals surface area contributed by atoms with Gasteiger partial charge in [0.15, 0.2) is 5.69 Å². The van der Waals surface area contributed by atoms with Gasteiger partial charge in [-0.05, 0) is 25.0 Å². The number of carbonyl (C=O) groups is 3. The van der Waals surface area contributed by atoms with Crippen LogP contribution >= 0.6 is 0 Å². The molecule has 1 aliphatic carbocycles. The van der Waals surface area contributed by atoms with Gasteiger partial charge in [-0.25, -0.2) is 9.78 Å². The van der Waals surface area contributed by atoms with Crippen LogP contribution < -0.4 is 5.56 Å². The minimum absolute atomic E-state index is 0.129. The summed E-state index contributed by atoms with van der Waals surface area (Å²) in [6, 6.07) is 7.14. The largest absolute Gasteiger partial charge is 0.382 e. The molecule has 0 atom stereocenters. The Kier molecular flexibility index (Phi) is 3.05. The number of nitrogens with zero attached hydrogens (tertiary/aromatic N) is 2. The molecule has 2 aliphatic rings. The van der Waals surface area contributed by atoms with E-state index >= 15 is 0 Å². The summed E-state index contributed by atoms with van der Waals surface area (Å²) in [7, 11) is 0. The summed E-state index contributed by atoms with van der Waals surface area (Å²) in [5.41, 5.74) is -0.404. The number of benzene rings is 1. The molecule has 8 nitrogen and oxygen atoms in total. The molecule has 0 spiro atoms. The first-order chi connectivity index (χ1) is 11.5. The molecular weight excluding hydrogens is 314 g/mol. The van der Waals surface area contributed by atoms with Gasteiger partial charge in [-0.15, -0.1) is 0 Å². The smallest absolute Gasteiger partial charge is 0.323 e. The molecule has 0 bridgehead atoms. The van der Waals surface area contributed by atoms with Crippen LogP contribution in [0.2, 0.25) is 0 Å². The maximum Gasteiger partial charge on any atom is 0.382 e. The predicted molar refractivity (Wildman–Crippen MR) is 79.2 cm³/mol. The van der Waals surface area contributed by atoms with Gasteiger partial charge in [0.2, 0.25) is 0 Å². The topological polar surface area (TPSA) is 109 Å². The molecule has 0 saturated heterocycles. The molecule has 1 saturated carbocycles. The van der Waals surface area contributed by atoms with Gasteiger partial charge in [0, 0.05) is 12.0 Å². The third-order valence-corrected chi connectivity index (χ3v) is 3.86. The number of hydrogen-bond acceptors (Lipinski definition) is 6. The van der Waals surface area contributed by atoms with Gasteiger partial charge >= 0.3 is 5.97 Å². The summed E-state index contributed by atoms with van der Waals surface area (Å²) < 4.78 is 0. The van der Waals surface area contributed by atoms with Crippen LogP contribution in [0.4, 0.5) is 0 Å². The summed E-state index contributed by atoms with van der Waals surface area (Å²) in [5, 5.41) is 0.396. The van der Waals surface area contributed by atoms with Crippen molar-refractivity contribution in [3.05, 3.63) is 63.3 Å². The molecule has 0 unspecified atom stereocenters. The molecule has 1 aromatic heterocycles. The van der Waals surface area contributed by atoms with Crippen molar-refractivity contribution in [2.75, 3.05) is 0 Å². The highest BCUT2D eigenvalue weighted by atomic mass is 16.7. The first kappa shape index (κ1) is 14.3.